The number of carbonyl (C=O) groups is 1. The third kappa shape index (κ3) is 3.29. The Morgan fingerprint density at radius 3 is 2.15 bits per heavy atom. The molecule has 0 atom stereocenters. The van der Waals surface area contributed by atoms with Crippen molar-refractivity contribution in [1.29, 1.82) is 0 Å². The monoisotopic (exact) mass is 434 g/mol. The van der Waals surface area contributed by atoms with Crippen LogP contribution in [0.2, 0.25) is 0 Å². The van der Waals surface area contributed by atoms with Crippen molar-refractivity contribution in [3.63, 3.8) is 0 Å². The van der Waals surface area contributed by atoms with Crippen LogP contribution in [0.15, 0.2) is 84.9 Å². The van der Waals surface area contributed by atoms with Crippen molar-refractivity contribution in [2.45, 2.75) is 20.4 Å². The van der Waals surface area contributed by atoms with Crippen molar-refractivity contribution in [2.75, 3.05) is 0 Å². The molecule has 0 spiro atoms. The SMILES string of the molecule is CC(=O)c1c(-c2ccccc2)c([N+](=O)[O-])c2c(c1C)c1ccccc1n2Cc1ccccc1. The molecule has 0 saturated heterocycles. The van der Waals surface area contributed by atoms with Gasteiger partial charge in [0.25, 0.3) is 0 Å². The fourth-order valence-electron chi connectivity index (χ4n) is 4.91. The van der Waals surface area contributed by atoms with E-state index in [2.05, 4.69) is 0 Å². The molecule has 0 amide bonds. The van der Waals surface area contributed by atoms with Gasteiger partial charge >= 0.3 is 5.69 Å². The number of nitro benzene ring substituents is 1. The maximum Gasteiger partial charge on any atom is 0.302 e. The molecular formula is C28H22N2O3. The van der Waals surface area contributed by atoms with E-state index in [1.165, 1.54) is 6.92 Å². The summed E-state index contributed by atoms with van der Waals surface area (Å²) in [4.78, 5) is 25.2. The molecule has 4 aromatic carbocycles. The zero-order valence-electron chi connectivity index (χ0n) is 18.4. The summed E-state index contributed by atoms with van der Waals surface area (Å²) >= 11 is 0. The Balaban J connectivity index is 2.03. The Morgan fingerprint density at radius 1 is 0.909 bits per heavy atom. The molecule has 0 unspecified atom stereocenters. The summed E-state index contributed by atoms with van der Waals surface area (Å²) in [5, 5.41) is 14.3. The molecule has 5 rings (SSSR count). The van der Waals surface area contributed by atoms with Crippen molar-refractivity contribution in [2.24, 2.45) is 0 Å². The van der Waals surface area contributed by atoms with E-state index < -0.39 is 0 Å². The van der Waals surface area contributed by atoms with Gasteiger partial charge in [0.2, 0.25) is 0 Å². The molecule has 162 valence electrons. The zero-order chi connectivity index (χ0) is 23.1. The van der Waals surface area contributed by atoms with Gasteiger partial charge in [-0.15, -0.1) is 0 Å². The van der Waals surface area contributed by atoms with Gasteiger partial charge in [0.15, 0.2) is 5.78 Å². The number of fused-ring (bicyclic) bond motifs is 3. The van der Waals surface area contributed by atoms with Crippen LogP contribution in [0.25, 0.3) is 32.9 Å². The van der Waals surface area contributed by atoms with E-state index in [0.717, 1.165) is 27.4 Å². The summed E-state index contributed by atoms with van der Waals surface area (Å²) in [5.74, 6) is -0.184. The first-order valence-corrected chi connectivity index (χ1v) is 10.8. The summed E-state index contributed by atoms with van der Waals surface area (Å²) in [7, 11) is 0. The topological polar surface area (TPSA) is 65.1 Å². The second kappa shape index (κ2) is 8.02. The Bertz CT molecular complexity index is 1530. The molecule has 1 aromatic heterocycles. The highest BCUT2D eigenvalue weighted by molar-refractivity contribution is 6.20. The third-order valence-corrected chi connectivity index (χ3v) is 6.21. The minimum atomic E-state index is -0.336. The van der Waals surface area contributed by atoms with Gasteiger partial charge in [0.05, 0.1) is 10.5 Å². The summed E-state index contributed by atoms with van der Waals surface area (Å²) in [6, 6.07) is 26.9. The maximum absolute atomic E-state index is 12.9. The second-order valence-corrected chi connectivity index (χ2v) is 8.22. The molecule has 0 aliphatic rings. The van der Waals surface area contributed by atoms with Gasteiger partial charge in [0, 0.05) is 28.4 Å². The molecule has 1 heterocycles. The van der Waals surface area contributed by atoms with E-state index in [4.69, 9.17) is 0 Å². The van der Waals surface area contributed by atoms with Crippen LogP contribution in [0, 0.1) is 17.0 Å². The zero-order valence-corrected chi connectivity index (χ0v) is 18.4. The van der Waals surface area contributed by atoms with E-state index in [0.29, 0.717) is 28.8 Å². The molecular weight excluding hydrogens is 412 g/mol. The lowest BCUT2D eigenvalue weighted by atomic mass is 9.89. The number of nitrogens with zero attached hydrogens (tertiary/aromatic N) is 2. The minimum Gasteiger partial charge on any atom is -0.330 e. The van der Waals surface area contributed by atoms with Crippen molar-refractivity contribution < 1.29 is 9.72 Å². The van der Waals surface area contributed by atoms with Gasteiger partial charge < -0.3 is 4.57 Å². The molecule has 0 saturated carbocycles. The lowest BCUT2D eigenvalue weighted by Gasteiger charge is -2.15. The Kier molecular flexibility index (Phi) is 5.02. The van der Waals surface area contributed by atoms with Gasteiger partial charge in [-0.1, -0.05) is 78.9 Å². The van der Waals surface area contributed by atoms with Crippen molar-refractivity contribution in [3.05, 3.63) is 112 Å². The van der Waals surface area contributed by atoms with E-state index in [1.807, 2.05) is 96.4 Å². The van der Waals surface area contributed by atoms with Crippen LogP contribution in [0.5, 0.6) is 0 Å². The number of hydrogen-bond donors (Lipinski definition) is 0. The van der Waals surface area contributed by atoms with Crippen LogP contribution in [-0.2, 0) is 6.54 Å². The third-order valence-electron chi connectivity index (χ3n) is 6.21. The van der Waals surface area contributed by atoms with Crippen LogP contribution in [-0.4, -0.2) is 15.3 Å². The smallest absolute Gasteiger partial charge is 0.302 e. The average Bonchev–Trinajstić information content (AvgIpc) is 3.14. The fraction of sp³-hybridized carbons (Fsp3) is 0.107. The number of ketones is 1. The van der Waals surface area contributed by atoms with Gasteiger partial charge in [-0.05, 0) is 36.6 Å². The molecule has 5 nitrogen and oxygen atoms in total. The lowest BCUT2D eigenvalue weighted by Crippen LogP contribution is -2.08. The first kappa shape index (κ1) is 20.6. The summed E-state index contributed by atoms with van der Waals surface area (Å²) < 4.78 is 2.02. The van der Waals surface area contributed by atoms with Gasteiger partial charge in [0.1, 0.15) is 5.52 Å². The van der Waals surface area contributed by atoms with Crippen LogP contribution in [0.4, 0.5) is 5.69 Å². The highest BCUT2D eigenvalue weighted by Gasteiger charge is 2.32. The number of Topliss-reactive ketones (excluding diaryl/α,β-unsaturated/α-hetero) is 1. The Morgan fingerprint density at radius 2 is 1.52 bits per heavy atom. The number of hydrogen-bond acceptors (Lipinski definition) is 3. The maximum atomic E-state index is 12.9. The normalized spacial score (nSPS) is 11.2. The number of para-hydroxylation sites is 1. The molecule has 33 heavy (non-hydrogen) atoms. The predicted molar refractivity (Wildman–Crippen MR) is 132 cm³/mol. The second-order valence-electron chi connectivity index (χ2n) is 8.22. The number of rotatable bonds is 5. The van der Waals surface area contributed by atoms with Crippen molar-refractivity contribution >= 4 is 33.3 Å². The van der Waals surface area contributed by atoms with Gasteiger partial charge in [-0.3, -0.25) is 14.9 Å². The number of benzene rings is 4. The van der Waals surface area contributed by atoms with Crippen LogP contribution in [0.1, 0.15) is 28.4 Å². The molecule has 0 aliphatic carbocycles. The highest BCUT2D eigenvalue weighted by atomic mass is 16.6. The number of nitro groups is 1. The van der Waals surface area contributed by atoms with Gasteiger partial charge in [-0.2, -0.15) is 0 Å². The van der Waals surface area contributed by atoms with E-state index in [9.17, 15) is 14.9 Å². The molecule has 5 heteroatoms. The Labute approximate surface area is 191 Å². The predicted octanol–water partition coefficient (Wildman–Crippen LogP) is 6.93. The molecule has 5 aromatic rings. The number of aromatic nitrogens is 1. The number of aryl methyl sites for hydroxylation is 1. The van der Waals surface area contributed by atoms with Crippen molar-refractivity contribution in [1.82, 2.24) is 4.57 Å². The van der Waals surface area contributed by atoms with E-state index in [1.54, 1.807) is 0 Å². The standard InChI is InChI=1S/C28H22N2O3/c1-18-24(19(2)31)26(21-13-7-4-8-14-21)28(30(32)33)27-25(18)22-15-9-10-16-23(22)29(27)17-20-11-5-3-6-12-20/h3-16H,17H2,1-2H3. The first-order valence-electron chi connectivity index (χ1n) is 10.8. The lowest BCUT2D eigenvalue weighted by molar-refractivity contribution is -0.382. The summed E-state index contributed by atoms with van der Waals surface area (Å²) in [6.45, 7) is 3.86. The van der Waals surface area contributed by atoms with Crippen LogP contribution < -0.4 is 0 Å². The molecule has 0 aliphatic heterocycles. The summed E-state index contributed by atoms with van der Waals surface area (Å²) in [5.41, 5.74) is 4.69. The van der Waals surface area contributed by atoms with E-state index >= 15 is 0 Å². The molecule has 0 bridgehead atoms. The Hall–Kier alpha value is -4.25. The molecule has 0 fully saturated rings. The van der Waals surface area contributed by atoms with Crippen LogP contribution >= 0.6 is 0 Å². The largest absolute Gasteiger partial charge is 0.330 e. The average molecular weight is 434 g/mol. The highest BCUT2D eigenvalue weighted by Crippen LogP contribution is 2.46. The summed E-state index contributed by atoms with van der Waals surface area (Å²) in [6.07, 6.45) is 0. The quantitative estimate of drug-likeness (QED) is 0.171. The minimum absolute atomic E-state index is 0.0286. The van der Waals surface area contributed by atoms with Crippen molar-refractivity contribution in [3.8, 4) is 11.1 Å². The number of carbonyl (C=O) groups excluding carboxylic acids is 1. The van der Waals surface area contributed by atoms with E-state index in [-0.39, 0.29) is 16.4 Å². The first-order chi connectivity index (χ1) is 16.0. The molecule has 0 N–H and O–H groups in total. The van der Waals surface area contributed by atoms with Crippen LogP contribution in [0.3, 0.4) is 0 Å². The molecule has 0 radical (unpaired) electrons. The fourth-order valence-corrected chi connectivity index (χ4v) is 4.91. The van der Waals surface area contributed by atoms with Gasteiger partial charge in [-0.25, -0.2) is 0 Å².